The van der Waals surface area contributed by atoms with Crippen LogP contribution in [-0.4, -0.2) is 57.2 Å². The largest absolute Gasteiger partial charge is 0.495 e. The minimum atomic E-state index is -3.51. The van der Waals surface area contributed by atoms with Gasteiger partial charge in [0.1, 0.15) is 5.75 Å². The number of halogens is 1. The minimum Gasteiger partial charge on any atom is -0.495 e. The molecule has 2 rings (SSSR count). The van der Waals surface area contributed by atoms with E-state index in [0.717, 1.165) is 4.31 Å². The number of ether oxygens (including phenoxy) is 1. The van der Waals surface area contributed by atoms with E-state index in [1.165, 1.54) is 25.5 Å². The number of nitrogens with one attached hydrogen (secondary N) is 1. The number of rotatable bonds is 5. The molecule has 134 valence electrons. The van der Waals surface area contributed by atoms with Gasteiger partial charge >= 0.3 is 0 Å². The van der Waals surface area contributed by atoms with E-state index in [2.05, 4.69) is 5.32 Å². The Bertz CT molecular complexity index is 709. The van der Waals surface area contributed by atoms with Gasteiger partial charge in [0, 0.05) is 32.9 Å². The van der Waals surface area contributed by atoms with Crippen LogP contribution in [0.25, 0.3) is 0 Å². The van der Waals surface area contributed by atoms with E-state index < -0.39 is 16.1 Å². The van der Waals surface area contributed by atoms with Crippen LogP contribution in [0.4, 0.5) is 5.69 Å². The minimum absolute atomic E-state index is 0.177. The standard InChI is InChI=1S/C15H22ClN3O4S/c1-18(2)24(21,22)19-8-4-5-11(10-19)15(20)17-12-6-7-14(23-3)13(16)9-12/h6-7,9,11H,4-5,8,10H2,1-3H3,(H,17,20)/t11-/m0/s1. The number of hydrogen-bond donors (Lipinski definition) is 1. The molecule has 1 aromatic carbocycles. The topological polar surface area (TPSA) is 79.0 Å². The van der Waals surface area contributed by atoms with Crippen LogP contribution in [0.15, 0.2) is 18.2 Å². The third-order valence-electron chi connectivity index (χ3n) is 3.96. The summed E-state index contributed by atoms with van der Waals surface area (Å²) in [5.74, 6) is -0.0835. The third kappa shape index (κ3) is 4.18. The van der Waals surface area contributed by atoms with Crippen LogP contribution < -0.4 is 10.1 Å². The molecule has 0 bridgehead atoms. The predicted octanol–water partition coefficient (Wildman–Crippen LogP) is 1.81. The molecule has 0 unspecified atom stereocenters. The summed E-state index contributed by atoms with van der Waals surface area (Å²) in [5.41, 5.74) is 0.554. The monoisotopic (exact) mass is 375 g/mol. The second-order valence-electron chi connectivity index (χ2n) is 5.83. The first-order valence-electron chi connectivity index (χ1n) is 7.57. The van der Waals surface area contributed by atoms with Crippen molar-refractivity contribution in [3.05, 3.63) is 23.2 Å². The Morgan fingerprint density at radius 1 is 1.42 bits per heavy atom. The van der Waals surface area contributed by atoms with E-state index in [9.17, 15) is 13.2 Å². The van der Waals surface area contributed by atoms with Crippen molar-refractivity contribution in [2.45, 2.75) is 12.8 Å². The maximum absolute atomic E-state index is 12.5. The van der Waals surface area contributed by atoms with E-state index in [1.54, 1.807) is 18.2 Å². The fraction of sp³-hybridized carbons (Fsp3) is 0.533. The SMILES string of the molecule is COc1ccc(NC(=O)[C@H]2CCCN(S(=O)(=O)N(C)C)C2)cc1Cl. The Balaban J connectivity index is 2.06. The highest BCUT2D eigenvalue weighted by Crippen LogP contribution is 2.28. The molecule has 1 fully saturated rings. The lowest BCUT2D eigenvalue weighted by molar-refractivity contribution is -0.120. The van der Waals surface area contributed by atoms with Crippen LogP contribution in [0.5, 0.6) is 5.75 Å². The predicted molar refractivity (Wildman–Crippen MR) is 93.5 cm³/mol. The van der Waals surface area contributed by atoms with Crippen LogP contribution >= 0.6 is 11.6 Å². The first-order chi connectivity index (χ1) is 11.3. The fourth-order valence-corrected chi connectivity index (χ4v) is 4.03. The highest BCUT2D eigenvalue weighted by Gasteiger charge is 2.33. The van der Waals surface area contributed by atoms with Crippen molar-refractivity contribution in [3.63, 3.8) is 0 Å². The molecule has 1 aromatic rings. The smallest absolute Gasteiger partial charge is 0.281 e. The molecule has 0 aliphatic carbocycles. The zero-order valence-electron chi connectivity index (χ0n) is 14.0. The Morgan fingerprint density at radius 2 is 2.12 bits per heavy atom. The molecule has 1 heterocycles. The quantitative estimate of drug-likeness (QED) is 0.851. The number of benzene rings is 1. The summed E-state index contributed by atoms with van der Waals surface area (Å²) in [5, 5.41) is 3.19. The Hall–Kier alpha value is -1.35. The molecular weight excluding hydrogens is 354 g/mol. The van der Waals surface area contributed by atoms with Gasteiger partial charge in [0.25, 0.3) is 10.2 Å². The number of amides is 1. The van der Waals surface area contributed by atoms with Gasteiger partial charge in [-0.3, -0.25) is 4.79 Å². The van der Waals surface area contributed by atoms with Gasteiger partial charge in [-0.05, 0) is 31.0 Å². The summed E-state index contributed by atoms with van der Waals surface area (Å²) < 4.78 is 32.0. The number of anilines is 1. The van der Waals surface area contributed by atoms with E-state index >= 15 is 0 Å². The van der Waals surface area contributed by atoms with Gasteiger partial charge in [0.15, 0.2) is 0 Å². The molecule has 1 N–H and O–H groups in total. The summed E-state index contributed by atoms with van der Waals surface area (Å²) in [7, 11) is 0.978. The van der Waals surface area contributed by atoms with Crippen LogP contribution in [0, 0.1) is 5.92 Å². The van der Waals surface area contributed by atoms with Gasteiger partial charge in [0.05, 0.1) is 18.1 Å². The summed E-state index contributed by atoms with van der Waals surface area (Å²) >= 11 is 6.05. The van der Waals surface area contributed by atoms with Crippen molar-refractivity contribution >= 4 is 33.4 Å². The van der Waals surface area contributed by atoms with Crippen molar-refractivity contribution in [3.8, 4) is 5.75 Å². The number of methoxy groups -OCH3 is 1. The number of piperidine rings is 1. The Kier molecular flexibility index (Phi) is 6.08. The highest BCUT2D eigenvalue weighted by atomic mass is 35.5. The highest BCUT2D eigenvalue weighted by molar-refractivity contribution is 7.86. The van der Waals surface area contributed by atoms with Crippen LogP contribution in [0.1, 0.15) is 12.8 Å². The van der Waals surface area contributed by atoms with E-state index in [0.29, 0.717) is 35.8 Å². The zero-order valence-corrected chi connectivity index (χ0v) is 15.5. The molecule has 0 radical (unpaired) electrons. The van der Waals surface area contributed by atoms with Crippen molar-refractivity contribution in [2.75, 3.05) is 39.6 Å². The van der Waals surface area contributed by atoms with Gasteiger partial charge < -0.3 is 10.1 Å². The van der Waals surface area contributed by atoms with E-state index in [4.69, 9.17) is 16.3 Å². The molecule has 24 heavy (non-hydrogen) atoms. The van der Waals surface area contributed by atoms with Gasteiger partial charge in [-0.25, -0.2) is 0 Å². The number of hydrogen-bond acceptors (Lipinski definition) is 4. The van der Waals surface area contributed by atoms with Crippen molar-refractivity contribution in [1.29, 1.82) is 0 Å². The molecule has 1 atom stereocenters. The van der Waals surface area contributed by atoms with Crippen LogP contribution in [0.3, 0.4) is 0 Å². The summed E-state index contributed by atoms with van der Waals surface area (Å²) in [6, 6.07) is 4.97. The second kappa shape index (κ2) is 7.69. The normalized spacial score (nSPS) is 19.3. The van der Waals surface area contributed by atoms with Gasteiger partial charge in [0.2, 0.25) is 5.91 Å². The molecule has 1 amide bonds. The summed E-state index contributed by atoms with van der Waals surface area (Å²) in [6.45, 7) is 0.606. The molecule has 9 heteroatoms. The van der Waals surface area contributed by atoms with Gasteiger partial charge in [-0.15, -0.1) is 0 Å². The lowest BCUT2D eigenvalue weighted by Gasteiger charge is -2.32. The average molecular weight is 376 g/mol. The first kappa shape index (κ1) is 19.0. The lowest BCUT2D eigenvalue weighted by Crippen LogP contribution is -2.47. The third-order valence-corrected chi connectivity index (χ3v) is 6.16. The maximum atomic E-state index is 12.5. The van der Waals surface area contributed by atoms with Crippen molar-refractivity contribution in [2.24, 2.45) is 5.92 Å². The first-order valence-corrected chi connectivity index (χ1v) is 9.35. The lowest BCUT2D eigenvalue weighted by atomic mass is 9.99. The average Bonchev–Trinajstić information content (AvgIpc) is 2.55. The molecule has 1 saturated heterocycles. The molecule has 0 saturated carbocycles. The van der Waals surface area contributed by atoms with E-state index in [1.807, 2.05) is 0 Å². The second-order valence-corrected chi connectivity index (χ2v) is 8.38. The molecule has 1 aliphatic rings. The summed E-state index contributed by atoms with van der Waals surface area (Å²) in [4.78, 5) is 12.5. The van der Waals surface area contributed by atoms with Gasteiger partial charge in [-0.2, -0.15) is 17.0 Å². The van der Waals surface area contributed by atoms with Crippen LogP contribution in [-0.2, 0) is 15.0 Å². The van der Waals surface area contributed by atoms with Crippen molar-refractivity contribution in [1.82, 2.24) is 8.61 Å². The molecule has 0 spiro atoms. The maximum Gasteiger partial charge on any atom is 0.281 e. The summed E-state index contributed by atoms with van der Waals surface area (Å²) in [6.07, 6.45) is 1.30. The number of nitrogens with zero attached hydrogens (tertiary/aromatic N) is 2. The number of carbonyl (C=O) groups is 1. The Morgan fingerprint density at radius 3 is 2.71 bits per heavy atom. The van der Waals surface area contributed by atoms with Crippen molar-refractivity contribution < 1.29 is 17.9 Å². The molecule has 1 aliphatic heterocycles. The van der Waals surface area contributed by atoms with Gasteiger partial charge in [-0.1, -0.05) is 11.6 Å². The number of carbonyl (C=O) groups excluding carboxylic acids is 1. The van der Waals surface area contributed by atoms with Crippen LogP contribution in [0.2, 0.25) is 5.02 Å². The fourth-order valence-electron chi connectivity index (χ4n) is 2.59. The zero-order chi connectivity index (χ0) is 17.9. The molecule has 0 aromatic heterocycles. The molecular formula is C15H22ClN3O4S. The Labute approximate surface area is 147 Å². The van der Waals surface area contributed by atoms with E-state index in [-0.39, 0.29) is 12.5 Å². The molecule has 7 nitrogen and oxygen atoms in total.